The van der Waals surface area contributed by atoms with Crippen molar-refractivity contribution in [1.82, 2.24) is 5.32 Å². The van der Waals surface area contributed by atoms with Gasteiger partial charge in [0.25, 0.3) is 0 Å². The van der Waals surface area contributed by atoms with E-state index in [0.29, 0.717) is 13.2 Å². The van der Waals surface area contributed by atoms with E-state index in [1.165, 1.54) is 0 Å². The van der Waals surface area contributed by atoms with E-state index < -0.39 is 0 Å². The molecule has 1 amide bonds. The number of carbonyl (C=O) groups excluding carboxylic acids is 1. The van der Waals surface area contributed by atoms with Crippen LogP contribution in [0.4, 0.5) is 0 Å². The van der Waals surface area contributed by atoms with Crippen molar-refractivity contribution >= 4 is 12.0 Å². The van der Waals surface area contributed by atoms with Crippen molar-refractivity contribution in [2.45, 2.75) is 13.5 Å². The smallest absolute Gasteiger partial charge is 0.244 e. The molecule has 0 atom stereocenters. The molecule has 0 aliphatic carbocycles. The Bertz CT molecular complexity index is 606. The molecule has 2 aromatic carbocycles. The van der Waals surface area contributed by atoms with Crippen LogP contribution in [0.2, 0.25) is 0 Å². The van der Waals surface area contributed by atoms with Crippen LogP contribution >= 0.6 is 0 Å². The summed E-state index contributed by atoms with van der Waals surface area (Å²) in [6.45, 7) is 3.00. The van der Waals surface area contributed by atoms with Crippen LogP contribution in [0, 0.1) is 0 Å². The van der Waals surface area contributed by atoms with E-state index in [2.05, 4.69) is 5.32 Å². The Labute approximate surface area is 125 Å². The normalized spacial score (nSPS) is 10.5. The molecule has 0 heterocycles. The van der Waals surface area contributed by atoms with Gasteiger partial charge in [-0.3, -0.25) is 4.79 Å². The molecule has 1 N–H and O–H groups in total. The Morgan fingerprint density at radius 2 is 1.81 bits per heavy atom. The third kappa shape index (κ3) is 4.80. The molecule has 0 saturated carbocycles. The molecule has 0 saturated heterocycles. The third-order valence-electron chi connectivity index (χ3n) is 2.95. The van der Waals surface area contributed by atoms with Crippen LogP contribution in [0.3, 0.4) is 0 Å². The Morgan fingerprint density at radius 3 is 2.57 bits per heavy atom. The molecule has 0 radical (unpaired) electrons. The number of nitrogens with one attached hydrogen (secondary N) is 1. The van der Waals surface area contributed by atoms with Gasteiger partial charge in [-0.1, -0.05) is 48.5 Å². The van der Waals surface area contributed by atoms with E-state index >= 15 is 0 Å². The van der Waals surface area contributed by atoms with E-state index in [1.807, 2.05) is 61.5 Å². The number of hydrogen-bond donors (Lipinski definition) is 1. The van der Waals surface area contributed by atoms with Crippen molar-refractivity contribution in [1.29, 1.82) is 0 Å². The predicted molar refractivity (Wildman–Crippen MR) is 84.9 cm³/mol. The lowest BCUT2D eigenvalue weighted by atomic mass is 10.2. The van der Waals surface area contributed by atoms with E-state index in [9.17, 15) is 4.79 Å². The van der Waals surface area contributed by atoms with Gasteiger partial charge in [-0.15, -0.1) is 0 Å². The predicted octanol–water partition coefficient (Wildman–Crippen LogP) is 3.41. The minimum Gasteiger partial charge on any atom is -0.494 e. The molecule has 0 bridgehead atoms. The van der Waals surface area contributed by atoms with Crippen LogP contribution in [0.25, 0.3) is 6.08 Å². The second-order valence-electron chi connectivity index (χ2n) is 4.50. The number of para-hydroxylation sites is 1. The highest BCUT2D eigenvalue weighted by Crippen LogP contribution is 2.17. The van der Waals surface area contributed by atoms with E-state index in [1.54, 1.807) is 12.2 Å². The van der Waals surface area contributed by atoms with Gasteiger partial charge in [0.1, 0.15) is 5.75 Å². The Morgan fingerprint density at radius 1 is 1.10 bits per heavy atom. The highest BCUT2D eigenvalue weighted by atomic mass is 16.5. The van der Waals surface area contributed by atoms with Gasteiger partial charge >= 0.3 is 0 Å². The van der Waals surface area contributed by atoms with Gasteiger partial charge in [0, 0.05) is 18.2 Å². The minimum absolute atomic E-state index is 0.120. The van der Waals surface area contributed by atoms with Gasteiger partial charge in [0.05, 0.1) is 6.61 Å². The first kappa shape index (κ1) is 14.9. The van der Waals surface area contributed by atoms with Crippen LogP contribution in [0.5, 0.6) is 5.75 Å². The van der Waals surface area contributed by atoms with E-state index in [4.69, 9.17) is 4.74 Å². The molecule has 0 aromatic heterocycles. The Kier molecular flexibility index (Phi) is 5.59. The summed E-state index contributed by atoms with van der Waals surface area (Å²) in [5, 5.41) is 2.86. The quantitative estimate of drug-likeness (QED) is 0.824. The first-order chi connectivity index (χ1) is 10.3. The summed E-state index contributed by atoms with van der Waals surface area (Å²) < 4.78 is 5.53. The second kappa shape index (κ2) is 7.90. The summed E-state index contributed by atoms with van der Waals surface area (Å²) in [4.78, 5) is 11.8. The average molecular weight is 281 g/mol. The SMILES string of the molecule is CCOc1ccccc1CNC(=O)C=Cc1ccccc1. The summed E-state index contributed by atoms with van der Waals surface area (Å²) in [7, 11) is 0. The zero-order valence-electron chi connectivity index (χ0n) is 12.1. The van der Waals surface area contributed by atoms with Crippen LogP contribution in [0.15, 0.2) is 60.7 Å². The number of carbonyl (C=O) groups is 1. The molecular weight excluding hydrogens is 262 g/mol. The molecule has 2 aromatic rings. The number of rotatable bonds is 6. The van der Waals surface area contributed by atoms with Crippen LogP contribution < -0.4 is 10.1 Å². The molecule has 2 rings (SSSR count). The largest absolute Gasteiger partial charge is 0.494 e. The third-order valence-corrected chi connectivity index (χ3v) is 2.95. The summed E-state index contributed by atoms with van der Waals surface area (Å²) in [5.41, 5.74) is 1.98. The standard InChI is InChI=1S/C18H19NO2/c1-2-21-17-11-7-6-10-16(17)14-19-18(20)13-12-15-8-4-3-5-9-15/h3-13H,2,14H2,1H3,(H,19,20). The fraction of sp³-hybridized carbons (Fsp3) is 0.167. The van der Waals surface area contributed by atoms with Crippen molar-refractivity contribution in [3.8, 4) is 5.75 Å². The van der Waals surface area contributed by atoms with Crippen LogP contribution in [0.1, 0.15) is 18.1 Å². The van der Waals surface area contributed by atoms with Crippen LogP contribution in [-0.4, -0.2) is 12.5 Å². The zero-order chi connectivity index (χ0) is 14.9. The van der Waals surface area contributed by atoms with Crippen molar-refractivity contribution in [2.75, 3.05) is 6.61 Å². The summed E-state index contributed by atoms with van der Waals surface area (Å²) in [5.74, 6) is 0.692. The van der Waals surface area contributed by atoms with Crippen LogP contribution in [-0.2, 0) is 11.3 Å². The molecule has 0 aliphatic rings. The van der Waals surface area contributed by atoms with Crippen molar-refractivity contribution in [2.24, 2.45) is 0 Å². The maximum atomic E-state index is 11.8. The first-order valence-electron chi connectivity index (χ1n) is 7.01. The van der Waals surface area contributed by atoms with Gasteiger partial charge in [0.2, 0.25) is 5.91 Å². The molecule has 0 fully saturated rings. The summed E-state index contributed by atoms with van der Waals surface area (Å²) in [6.07, 6.45) is 3.34. The number of ether oxygens (including phenoxy) is 1. The molecule has 21 heavy (non-hydrogen) atoms. The maximum absolute atomic E-state index is 11.8. The first-order valence-corrected chi connectivity index (χ1v) is 7.01. The number of benzene rings is 2. The number of hydrogen-bond acceptors (Lipinski definition) is 2. The number of amides is 1. The lowest BCUT2D eigenvalue weighted by Gasteiger charge is -2.09. The molecule has 3 heteroatoms. The Hall–Kier alpha value is -2.55. The Balaban J connectivity index is 1.91. The highest BCUT2D eigenvalue weighted by molar-refractivity contribution is 5.91. The minimum atomic E-state index is -0.120. The van der Waals surface area contributed by atoms with Gasteiger partial charge in [-0.2, -0.15) is 0 Å². The highest BCUT2D eigenvalue weighted by Gasteiger charge is 2.03. The van der Waals surface area contributed by atoms with Gasteiger partial charge in [-0.25, -0.2) is 0 Å². The fourth-order valence-corrected chi connectivity index (χ4v) is 1.92. The van der Waals surface area contributed by atoms with Gasteiger partial charge in [0.15, 0.2) is 0 Å². The molecule has 0 spiro atoms. The topological polar surface area (TPSA) is 38.3 Å². The van der Waals surface area contributed by atoms with E-state index in [0.717, 1.165) is 16.9 Å². The fourth-order valence-electron chi connectivity index (χ4n) is 1.92. The average Bonchev–Trinajstić information content (AvgIpc) is 2.53. The summed E-state index contributed by atoms with van der Waals surface area (Å²) >= 11 is 0. The van der Waals surface area contributed by atoms with E-state index in [-0.39, 0.29) is 5.91 Å². The summed E-state index contributed by atoms with van der Waals surface area (Å²) in [6, 6.07) is 17.4. The molecule has 0 aliphatic heterocycles. The van der Waals surface area contributed by atoms with Crippen molar-refractivity contribution in [3.05, 3.63) is 71.8 Å². The second-order valence-corrected chi connectivity index (χ2v) is 4.50. The zero-order valence-corrected chi connectivity index (χ0v) is 12.1. The molecule has 0 unspecified atom stereocenters. The van der Waals surface area contributed by atoms with Crippen molar-refractivity contribution < 1.29 is 9.53 Å². The lowest BCUT2D eigenvalue weighted by molar-refractivity contribution is -0.116. The molecule has 3 nitrogen and oxygen atoms in total. The molecule has 108 valence electrons. The monoisotopic (exact) mass is 281 g/mol. The molecular formula is C18H19NO2. The lowest BCUT2D eigenvalue weighted by Crippen LogP contribution is -2.20. The van der Waals surface area contributed by atoms with Gasteiger partial charge < -0.3 is 10.1 Å². The van der Waals surface area contributed by atoms with Crippen molar-refractivity contribution in [3.63, 3.8) is 0 Å². The maximum Gasteiger partial charge on any atom is 0.244 e. The van der Waals surface area contributed by atoms with Gasteiger partial charge in [-0.05, 0) is 24.6 Å².